The smallest absolute Gasteiger partial charge is 0.409 e. The highest BCUT2D eigenvalue weighted by atomic mass is 19.4. The number of halogens is 3. The molecule has 4 nitrogen and oxygen atoms in total. The minimum atomic E-state index is -4.54. The van der Waals surface area contributed by atoms with Gasteiger partial charge < -0.3 is 4.74 Å². The Morgan fingerprint density at radius 3 is 2.54 bits per heavy atom. The highest BCUT2D eigenvalue weighted by Crippen LogP contribution is 2.43. The summed E-state index contributed by atoms with van der Waals surface area (Å²) in [5, 5.41) is 2.04. The fourth-order valence-corrected chi connectivity index (χ4v) is 3.05. The van der Waals surface area contributed by atoms with E-state index in [1.165, 1.54) is 6.07 Å². The van der Waals surface area contributed by atoms with Gasteiger partial charge in [-0.05, 0) is 23.9 Å². The van der Waals surface area contributed by atoms with Crippen LogP contribution in [0.5, 0.6) is 5.75 Å². The van der Waals surface area contributed by atoms with Gasteiger partial charge in [0, 0.05) is 18.4 Å². The average Bonchev–Trinajstić information content (AvgIpc) is 2.92. The van der Waals surface area contributed by atoms with Crippen LogP contribution in [0.25, 0.3) is 10.8 Å². The summed E-state index contributed by atoms with van der Waals surface area (Å²) in [4.78, 5) is 11.4. The van der Waals surface area contributed by atoms with Crippen molar-refractivity contribution < 1.29 is 22.7 Å². The molecule has 2 aromatic rings. The molecule has 0 bridgehead atoms. The third-order valence-electron chi connectivity index (χ3n) is 3.96. The van der Waals surface area contributed by atoms with E-state index in [2.05, 4.69) is 5.43 Å². The third kappa shape index (κ3) is 3.03. The number of hydrogen-bond donors (Lipinski definition) is 1. The Hall–Kier alpha value is -2.28. The molecule has 1 fully saturated rings. The predicted octanol–water partition coefficient (Wildman–Crippen LogP) is 3.58. The summed E-state index contributed by atoms with van der Waals surface area (Å²) < 4.78 is 46.9. The maximum absolute atomic E-state index is 13.8. The number of hydrazine groups is 1. The minimum Gasteiger partial charge on any atom is -0.493 e. The molecule has 1 atom stereocenters. The molecule has 0 radical (unpaired) electrons. The zero-order valence-electron chi connectivity index (χ0n) is 13.1. The summed E-state index contributed by atoms with van der Waals surface area (Å²) in [5.41, 5.74) is 2.38. The number of amides is 1. The van der Waals surface area contributed by atoms with Crippen molar-refractivity contribution in [1.29, 1.82) is 0 Å². The maximum Gasteiger partial charge on any atom is 0.409 e. The largest absolute Gasteiger partial charge is 0.493 e. The molecular formula is C17H17F3N2O2. The topological polar surface area (TPSA) is 41.6 Å². The summed E-state index contributed by atoms with van der Waals surface area (Å²) in [6, 6.07) is 8.00. The second-order valence-electron chi connectivity index (χ2n) is 5.56. The lowest BCUT2D eigenvalue weighted by Gasteiger charge is -2.30. The van der Waals surface area contributed by atoms with Crippen molar-refractivity contribution in [3.8, 4) is 5.75 Å². The van der Waals surface area contributed by atoms with Gasteiger partial charge >= 0.3 is 6.18 Å². The van der Waals surface area contributed by atoms with E-state index in [9.17, 15) is 18.0 Å². The van der Waals surface area contributed by atoms with Crippen molar-refractivity contribution in [3.05, 3.63) is 42.0 Å². The van der Waals surface area contributed by atoms with Crippen LogP contribution in [0, 0.1) is 0 Å². The van der Waals surface area contributed by atoms with Gasteiger partial charge in [0.25, 0.3) is 0 Å². The Balaban J connectivity index is 2.19. The summed E-state index contributed by atoms with van der Waals surface area (Å²) >= 11 is 0. The van der Waals surface area contributed by atoms with Crippen LogP contribution in [-0.4, -0.2) is 30.2 Å². The number of hydrogen-bond acceptors (Lipinski definition) is 3. The number of nitrogens with one attached hydrogen (secondary N) is 1. The normalized spacial score (nSPS) is 17.1. The summed E-state index contributed by atoms with van der Waals surface area (Å²) in [7, 11) is 0. The number of rotatable bonds is 4. The van der Waals surface area contributed by atoms with Gasteiger partial charge in [-0.3, -0.25) is 10.2 Å². The van der Waals surface area contributed by atoms with Crippen molar-refractivity contribution in [2.24, 2.45) is 0 Å². The molecule has 1 aliphatic rings. The predicted molar refractivity (Wildman–Crippen MR) is 83.4 cm³/mol. The molecule has 128 valence electrons. The number of fused-ring (bicyclic) bond motifs is 1. The Morgan fingerprint density at radius 2 is 1.96 bits per heavy atom. The second-order valence-corrected chi connectivity index (χ2v) is 5.56. The van der Waals surface area contributed by atoms with Gasteiger partial charge in [-0.1, -0.05) is 30.3 Å². The summed E-state index contributed by atoms with van der Waals surface area (Å²) in [6.07, 6.45) is -4.49. The van der Waals surface area contributed by atoms with Crippen molar-refractivity contribution in [3.63, 3.8) is 0 Å². The molecule has 1 aliphatic heterocycles. The van der Waals surface area contributed by atoms with Gasteiger partial charge in [-0.2, -0.15) is 13.2 Å². The van der Waals surface area contributed by atoms with Crippen LogP contribution in [-0.2, 0) is 4.79 Å². The molecule has 1 N–H and O–H groups in total. The average molecular weight is 338 g/mol. The molecular weight excluding hydrogens is 321 g/mol. The van der Waals surface area contributed by atoms with Gasteiger partial charge in [0.15, 0.2) is 6.04 Å². The Kier molecular flexibility index (Phi) is 4.36. The number of carbonyl (C=O) groups is 1. The first-order chi connectivity index (χ1) is 11.4. The first-order valence-electron chi connectivity index (χ1n) is 7.69. The Bertz CT molecular complexity index is 756. The number of nitrogens with zero attached hydrogens (tertiary/aromatic N) is 1. The monoisotopic (exact) mass is 338 g/mol. The molecule has 0 aromatic heterocycles. The lowest BCUT2D eigenvalue weighted by atomic mass is 9.97. The fraction of sp³-hybridized carbons (Fsp3) is 0.353. The molecule has 3 rings (SSSR count). The van der Waals surface area contributed by atoms with E-state index in [4.69, 9.17) is 4.74 Å². The highest BCUT2D eigenvalue weighted by Gasteiger charge is 2.47. The highest BCUT2D eigenvalue weighted by molar-refractivity contribution is 5.92. The molecule has 1 heterocycles. The first kappa shape index (κ1) is 16.6. The van der Waals surface area contributed by atoms with E-state index in [1.807, 2.05) is 0 Å². The van der Waals surface area contributed by atoms with Crippen LogP contribution in [0.15, 0.2) is 36.4 Å². The van der Waals surface area contributed by atoms with Crippen molar-refractivity contribution in [2.75, 3.05) is 13.2 Å². The Morgan fingerprint density at radius 1 is 1.25 bits per heavy atom. The van der Waals surface area contributed by atoms with Gasteiger partial charge in [-0.25, -0.2) is 5.01 Å². The quantitative estimate of drug-likeness (QED) is 0.926. The Labute approximate surface area is 137 Å². The molecule has 24 heavy (non-hydrogen) atoms. The van der Waals surface area contributed by atoms with Crippen molar-refractivity contribution in [2.45, 2.75) is 25.6 Å². The SMILES string of the molecule is CCOc1cccc2cccc(C(N3CCC(=O)N3)C(F)(F)F)c12. The van der Waals surface area contributed by atoms with Crippen molar-refractivity contribution >= 4 is 16.7 Å². The fourth-order valence-electron chi connectivity index (χ4n) is 3.05. The molecule has 0 aliphatic carbocycles. The standard InChI is InChI=1S/C17H17F3N2O2/c1-2-24-13-8-4-6-11-5-3-7-12(15(11)13)16(17(18,19)20)22-10-9-14(23)21-22/h3-8,16H,2,9-10H2,1H3,(H,21,23). The first-order valence-corrected chi connectivity index (χ1v) is 7.69. The van der Waals surface area contributed by atoms with Gasteiger partial charge in [0.1, 0.15) is 5.75 Å². The molecule has 1 saturated heterocycles. The van der Waals surface area contributed by atoms with Crippen molar-refractivity contribution in [1.82, 2.24) is 10.4 Å². The lowest BCUT2D eigenvalue weighted by Crippen LogP contribution is -2.43. The third-order valence-corrected chi connectivity index (χ3v) is 3.96. The number of alkyl halides is 3. The van der Waals surface area contributed by atoms with E-state index < -0.39 is 18.1 Å². The molecule has 0 spiro atoms. The van der Waals surface area contributed by atoms with E-state index in [0.29, 0.717) is 23.1 Å². The lowest BCUT2D eigenvalue weighted by molar-refractivity contribution is -0.190. The molecule has 1 amide bonds. The van der Waals surface area contributed by atoms with Crippen LogP contribution in [0.1, 0.15) is 24.9 Å². The van der Waals surface area contributed by atoms with Gasteiger partial charge in [-0.15, -0.1) is 0 Å². The second kappa shape index (κ2) is 6.32. The zero-order valence-corrected chi connectivity index (χ0v) is 13.1. The van der Waals surface area contributed by atoms with Crippen LogP contribution in [0.2, 0.25) is 0 Å². The molecule has 7 heteroatoms. The number of carbonyl (C=O) groups excluding carboxylic acids is 1. The molecule has 1 unspecified atom stereocenters. The van der Waals surface area contributed by atoms with E-state index in [1.54, 1.807) is 37.3 Å². The molecule has 0 saturated carbocycles. The van der Waals surface area contributed by atoms with E-state index in [0.717, 1.165) is 5.01 Å². The maximum atomic E-state index is 13.8. The van der Waals surface area contributed by atoms with Crippen LogP contribution in [0.3, 0.4) is 0 Å². The van der Waals surface area contributed by atoms with Crippen LogP contribution < -0.4 is 10.2 Å². The van der Waals surface area contributed by atoms with Crippen LogP contribution >= 0.6 is 0 Å². The summed E-state index contributed by atoms with van der Waals surface area (Å²) in [5.74, 6) is -0.000100. The van der Waals surface area contributed by atoms with E-state index >= 15 is 0 Å². The molecule has 2 aromatic carbocycles. The van der Waals surface area contributed by atoms with E-state index in [-0.39, 0.29) is 18.5 Å². The minimum absolute atomic E-state index is 0.0101. The zero-order chi connectivity index (χ0) is 17.3. The summed E-state index contributed by atoms with van der Waals surface area (Å²) in [6.45, 7) is 2.14. The number of ether oxygens (including phenoxy) is 1. The van der Waals surface area contributed by atoms with Gasteiger partial charge in [0.2, 0.25) is 5.91 Å². The van der Waals surface area contributed by atoms with Crippen LogP contribution in [0.4, 0.5) is 13.2 Å². The van der Waals surface area contributed by atoms with Gasteiger partial charge in [0.05, 0.1) is 6.61 Å². The number of benzene rings is 2.